The van der Waals surface area contributed by atoms with Gasteiger partial charge in [-0.15, -0.1) is 0 Å². The lowest BCUT2D eigenvalue weighted by Crippen LogP contribution is -2.48. The van der Waals surface area contributed by atoms with E-state index in [9.17, 15) is 9.59 Å². The first-order chi connectivity index (χ1) is 19.0. The highest BCUT2D eigenvalue weighted by Crippen LogP contribution is 2.43. The lowest BCUT2D eigenvalue weighted by molar-refractivity contribution is -0.114. The molecule has 2 aliphatic heterocycles. The molecule has 1 fully saturated rings. The second-order valence-electron chi connectivity index (χ2n) is 10.1. The molecule has 2 heterocycles. The van der Waals surface area contributed by atoms with Gasteiger partial charge in [0.2, 0.25) is 0 Å². The summed E-state index contributed by atoms with van der Waals surface area (Å²) in [5, 5.41) is 3.09. The van der Waals surface area contributed by atoms with Crippen molar-refractivity contribution in [2.45, 2.75) is 25.3 Å². The molecule has 0 atom stereocenters. The van der Waals surface area contributed by atoms with Gasteiger partial charge < -0.3 is 15.1 Å². The Kier molecular flexibility index (Phi) is 8.81. The summed E-state index contributed by atoms with van der Waals surface area (Å²) in [6, 6.07) is 23.8. The number of nitrogens with one attached hydrogen (secondary N) is 1. The SMILES string of the molecule is CCN1CCN(CCNC(=O)c2ccc3c(c2)N(Cc2cccc(C)c2)C(=O)/C(=C/c2ccccc2)S3)CC1. The van der Waals surface area contributed by atoms with Crippen molar-refractivity contribution in [3.63, 3.8) is 0 Å². The largest absolute Gasteiger partial charge is 0.351 e. The van der Waals surface area contributed by atoms with Crippen LogP contribution in [0.5, 0.6) is 0 Å². The Morgan fingerprint density at radius 2 is 1.72 bits per heavy atom. The number of fused-ring (bicyclic) bond motifs is 1. The number of aryl methyl sites for hydroxylation is 1. The number of carbonyl (C=O) groups is 2. The lowest BCUT2D eigenvalue weighted by atomic mass is 10.1. The predicted octanol–water partition coefficient (Wildman–Crippen LogP) is 5.04. The van der Waals surface area contributed by atoms with Gasteiger partial charge in [0.15, 0.2) is 0 Å². The van der Waals surface area contributed by atoms with Crippen molar-refractivity contribution < 1.29 is 9.59 Å². The fourth-order valence-corrected chi connectivity index (χ4v) is 6.10. The predicted molar refractivity (Wildman–Crippen MR) is 160 cm³/mol. The van der Waals surface area contributed by atoms with E-state index < -0.39 is 0 Å². The van der Waals surface area contributed by atoms with Gasteiger partial charge in [-0.05, 0) is 48.9 Å². The van der Waals surface area contributed by atoms with Gasteiger partial charge in [-0.1, -0.05) is 78.8 Å². The maximum absolute atomic E-state index is 13.8. The summed E-state index contributed by atoms with van der Waals surface area (Å²) in [7, 11) is 0. The van der Waals surface area contributed by atoms with Crippen molar-refractivity contribution in [2.75, 3.05) is 50.7 Å². The van der Waals surface area contributed by atoms with Crippen LogP contribution in [0.3, 0.4) is 0 Å². The molecule has 5 rings (SSSR count). The number of rotatable bonds is 8. The number of piperazine rings is 1. The molecule has 202 valence electrons. The number of amides is 2. The van der Waals surface area contributed by atoms with Gasteiger partial charge in [0.05, 0.1) is 17.1 Å². The molecule has 2 amide bonds. The highest BCUT2D eigenvalue weighted by molar-refractivity contribution is 8.04. The summed E-state index contributed by atoms with van der Waals surface area (Å²) in [5.41, 5.74) is 4.54. The Morgan fingerprint density at radius 3 is 2.46 bits per heavy atom. The Bertz CT molecular complexity index is 1350. The average molecular weight is 541 g/mol. The van der Waals surface area contributed by atoms with E-state index in [0.29, 0.717) is 23.6 Å². The minimum Gasteiger partial charge on any atom is -0.351 e. The maximum Gasteiger partial charge on any atom is 0.265 e. The van der Waals surface area contributed by atoms with Crippen molar-refractivity contribution >= 4 is 35.3 Å². The summed E-state index contributed by atoms with van der Waals surface area (Å²) in [6.07, 6.45) is 1.94. The van der Waals surface area contributed by atoms with Crippen LogP contribution in [0.2, 0.25) is 0 Å². The van der Waals surface area contributed by atoms with Crippen LogP contribution < -0.4 is 10.2 Å². The van der Waals surface area contributed by atoms with E-state index in [1.165, 1.54) is 11.8 Å². The van der Waals surface area contributed by atoms with Crippen LogP contribution >= 0.6 is 11.8 Å². The van der Waals surface area contributed by atoms with Crippen molar-refractivity contribution in [3.8, 4) is 0 Å². The Hall–Kier alpha value is -3.39. The van der Waals surface area contributed by atoms with Crippen molar-refractivity contribution in [1.82, 2.24) is 15.1 Å². The fourth-order valence-electron chi connectivity index (χ4n) is 5.06. The Balaban J connectivity index is 1.34. The molecule has 3 aromatic rings. The van der Waals surface area contributed by atoms with Crippen LogP contribution in [0.1, 0.15) is 34.0 Å². The second-order valence-corrected chi connectivity index (χ2v) is 11.2. The zero-order valence-corrected chi connectivity index (χ0v) is 23.5. The number of likely N-dealkylation sites (N-methyl/N-ethyl adjacent to an activating group) is 1. The number of hydrogen-bond donors (Lipinski definition) is 1. The monoisotopic (exact) mass is 540 g/mol. The molecule has 39 heavy (non-hydrogen) atoms. The zero-order chi connectivity index (χ0) is 27.2. The average Bonchev–Trinajstić information content (AvgIpc) is 2.96. The van der Waals surface area contributed by atoms with Crippen molar-refractivity contribution in [1.29, 1.82) is 0 Å². The molecule has 0 aliphatic carbocycles. The minimum absolute atomic E-state index is 0.0540. The van der Waals surface area contributed by atoms with Crippen molar-refractivity contribution in [2.24, 2.45) is 0 Å². The fraction of sp³-hybridized carbons (Fsp3) is 0.312. The van der Waals surface area contributed by atoms with E-state index in [2.05, 4.69) is 41.1 Å². The third-order valence-corrected chi connectivity index (χ3v) is 8.41. The number of thioether (sulfide) groups is 1. The first kappa shape index (κ1) is 27.2. The second kappa shape index (κ2) is 12.6. The van der Waals surface area contributed by atoms with E-state index >= 15 is 0 Å². The maximum atomic E-state index is 13.8. The Morgan fingerprint density at radius 1 is 0.949 bits per heavy atom. The Labute approximate surface area is 235 Å². The number of hydrogen-bond acceptors (Lipinski definition) is 5. The third kappa shape index (κ3) is 6.79. The summed E-state index contributed by atoms with van der Waals surface area (Å²) in [6.45, 7) is 11.5. The number of carbonyl (C=O) groups excluding carboxylic acids is 2. The summed E-state index contributed by atoms with van der Waals surface area (Å²) in [4.78, 5) is 35.2. The molecule has 2 aliphatic rings. The van der Waals surface area contributed by atoms with Crippen LogP contribution in [0, 0.1) is 6.92 Å². The van der Waals surface area contributed by atoms with Gasteiger partial charge >= 0.3 is 0 Å². The first-order valence-corrected chi connectivity index (χ1v) is 14.5. The van der Waals surface area contributed by atoms with Gasteiger partial charge in [0.1, 0.15) is 0 Å². The number of anilines is 1. The molecule has 3 aromatic carbocycles. The summed E-state index contributed by atoms with van der Waals surface area (Å²) in [5.74, 6) is -0.162. The molecule has 0 radical (unpaired) electrons. The molecule has 7 heteroatoms. The van der Waals surface area contributed by atoms with Gasteiger partial charge in [0.25, 0.3) is 11.8 Å². The van der Waals surface area contributed by atoms with Gasteiger partial charge in [-0.2, -0.15) is 0 Å². The first-order valence-electron chi connectivity index (χ1n) is 13.7. The van der Waals surface area contributed by atoms with E-state index in [4.69, 9.17) is 0 Å². The minimum atomic E-state index is -0.108. The van der Waals surface area contributed by atoms with Crippen molar-refractivity contribution in [3.05, 3.63) is 100.0 Å². The highest BCUT2D eigenvalue weighted by atomic mass is 32.2. The molecule has 1 saturated heterocycles. The van der Waals surface area contributed by atoms with Crippen LogP contribution in [-0.2, 0) is 11.3 Å². The van der Waals surface area contributed by atoms with Crippen LogP contribution in [-0.4, -0.2) is 67.4 Å². The molecule has 1 N–H and O–H groups in total. The van der Waals surface area contributed by atoms with Crippen LogP contribution in [0.4, 0.5) is 5.69 Å². The summed E-state index contributed by atoms with van der Waals surface area (Å²) >= 11 is 1.46. The van der Waals surface area contributed by atoms with Gasteiger partial charge in [0, 0.05) is 49.7 Å². The van der Waals surface area contributed by atoms with E-state index in [-0.39, 0.29) is 11.8 Å². The molecule has 6 nitrogen and oxygen atoms in total. The standard InChI is InChI=1S/C32H36N4O2S/c1-3-34-16-18-35(19-17-34)15-14-33-31(37)27-12-13-29-28(22-27)36(23-26-11-7-8-24(2)20-26)32(38)30(39-29)21-25-9-5-4-6-10-25/h4-13,20-22H,3,14-19,23H2,1-2H3,(H,33,37)/b30-21-. The highest BCUT2D eigenvalue weighted by Gasteiger charge is 2.30. The topological polar surface area (TPSA) is 55.9 Å². The summed E-state index contributed by atoms with van der Waals surface area (Å²) < 4.78 is 0. The van der Waals surface area contributed by atoms with E-state index in [1.807, 2.05) is 66.7 Å². The van der Waals surface area contributed by atoms with E-state index in [1.54, 1.807) is 4.90 Å². The molecule has 0 bridgehead atoms. The van der Waals surface area contributed by atoms with Crippen LogP contribution in [0.15, 0.2) is 82.6 Å². The quantitative estimate of drug-likeness (QED) is 0.406. The van der Waals surface area contributed by atoms with Crippen LogP contribution in [0.25, 0.3) is 6.08 Å². The molecule has 0 unspecified atom stereocenters. The smallest absolute Gasteiger partial charge is 0.265 e. The molecular weight excluding hydrogens is 504 g/mol. The van der Waals surface area contributed by atoms with Gasteiger partial charge in [-0.25, -0.2) is 0 Å². The lowest BCUT2D eigenvalue weighted by Gasteiger charge is -2.34. The molecular formula is C32H36N4O2S. The zero-order valence-electron chi connectivity index (χ0n) is 22.7. The number of nitrogens with zero attached hydrogens (tertiary/aromatic N) is 3. The number of benzene rings is 3. The molecule has 0 aromatic heterocycles. The molecule has 0 spiro atoms. The third-order valence-electron chi connectivity index (χ3n) is 7.33. The van der Waals surface area contributed by atoms with Gasteiger partial charge in [-0.3, -0.25) is 14.5 Å². The van der Waals surface area contributed by atoms with E-state index in [0.717, 1.165) is 66.5 Å². The normalized spacial score (nSPS) is 17.3. The molecule has 0 saturated carbocycles.